The first kappa shape index (κ1) is 21.1. The molecule has 0 spiro atoms. The first-order chi connectivity index (χ1) is 11.5. The largest absolute Gasteiger partial charge is 0.508 e. The molecule has 25 heavy (non-hydrogen) atoms. The van der Waals surface area contributed by atoms with E-state index in [1.54, 1.807) is 20.2 Å². The lowest BCUT2D eigenvalue weighted by Gasteiger charge is -2.16. The molecule has 0 bridgehead atoms. The summed E-state index contributed by atoms with van der Waals surface area (Å²) in [6.45, 7) is 4.58. The van der Waals surface area contributed by atoms with Crippen molar-refractivity contribution in [3.8, 4) is 11.5 Å². The Hall–Kier alpha value is -1.90. The number of phenols is 1. The minimum atomic E-state index is 0. The Bertz CT molecular complexity index is 701. The number of aryl methyl sites for hydroxylation is 1. The predicted octanol–water partition coefficient (Wildman–Crippen LogP) is 3.39. The van der Waals surface area contributed by atoms with Gasteiger partial charge in [-0.2, -0.15) is 0 Å². The highest BCUT2D eigenvalue weighted by molar-refractivity contribution is 14.0. The Morgan fingerprint density at radius 2 is 2.08 bits per heavy atom. The molecule has 0 amide bonds. The molecule has 1 aromatic carbocycles. The summed E-state index contributed by atoms with van der Waals surface area (Å²) in [7, 11) is 3.30. The number of ether oxygens (including phenoxy) is 1. The molecule has 2 rings (SSSR count). The SMILES string of the molecule is CN=C(NCCc1ccc(OC)cc1O)NC(C)c1ccc(C)o1.I. The van der Waals surface area contributed by atoms with Gasteiger partial charge in [0.05, 0.1) is 13.2 Å². The molecule has 6 nitrogen and oxygen atoms in total. The number of nitrogens with one attached hydrogen (secondary N) is 2. The van der Waals surface area contributed by atoms with Gasteiger partial charge in [-0.25, -0.2) is 0 Å². The minimum Gasteiger partial charge on any atom is -0.508 e. The number of phenolic OH excluding ortho intramolecular Hbond substituents is 1. The number of rotatable bonds is 6. The van der Waals surface area contributed by atoms with E-state index >= 15 is 0 Å². The number of hydrogen-bond acceptors (Lipinski definition) is 4. The summed E-state index contributed by atoms with van der Waals surface area (Å²) >= 11 is 0. The van der Waals surface area contributed by atoms with Crippen LogP contribution in [0.15, 0.2) is 39.7 Å². The molecule has 0 aliphatic heterocycles. The van der Waals surface area contributed by atoms with Crippen LogP contribution in [0, 0.1) is 6.92 Å². The fourth-order valence-electron chi connectivity index (χ4n) is 2.35. The highest BCUT2D eigenvalue weighted by atomic mass is 127. The molecule has 2 aromatic rings. The molecule has 0 saturated heterocycles. The summed E-state index contributed by atoms with van der Waals surface area (Å²) in [5.74, 6) is 3.31. The minimum absolute atomic E-state index is 0. The highest BCUT2D eigenvalue weighted by Gasteiger charge is 2.11. The van der Waals surface area contributed by atoms with Crippen molar-refractivity contribution in [1.29, 1.82) is 0 Å². The van der Waals surface area contributed by atoms with E-state index in [1.165, 1.54) is 0 Å². The third-order valence-corrected chi connectivity index (χ3v) is 3.74. The smallest absolute Gasteiger partial charge is 0.191 e. The zero-order valence-electron chi connectivity index (χ0n) is 15.0. The number of furan rings is 1. The zero-order valence-corrected chi connectivity index (χ0v) is 17.3. The molecular weight excluding hydrogens is 433 g/mol. The number of benzene rings is 1. The molecule has 138 valence electrons. The molecule has 1 aromatic heterocycles. The van der Waals surface area contributed by atoms with Crippen LogP contribution in [0.1, 0.15) is 30.0 Å². The summed E-state index contributed by atoms with van der Waals surface area (Å²) < 4.78 is 10.7. The average molecular weight is 459 g/mol. The lowest BCUT2D eigenvalue weighted by molar-refractivity contribution is 0.406. The van der Waals surface area contributed by atoms with Crippen LogP contribution >= 0.6 is 24.0 Å². The third kappa shape index (κ3) is 6.15. The van der Waals surface area contributed by atoms with Gasteiger partial charge >= 0.3 is 0 Å². The topological polar surface area (TPSA) is 79.0 Å². The van der Waals surface area contributed by atoms with E-state index in [2.05, 4.69) is 15.6 Å². The van der Waals surface area contributed by atoms with Crippen molar-refractivity contribution in [3.63, 3.8) is 0 Å². The maximum atomic E-state index is 9.98. The summed E-state index contributed by atoms with van der Waals surface area (Å²) in [6, 6.07) is 9.22. The summed E-state index contributed by atoms with van der Waals surface area (Å²) in [6.07, 6.45) is 0.671. The van der Waals surface area contributed by atoms with E-state index in [4.69, 9.17) is 9.15 Å². The van der Waals surface area contributed by atoms with E-state index in [0.717, 1.165) is 17.1 Å². The molecule has 1 heterocycles. The number of aromatic hydroxyl groups is 1. The van der Waals surface area contributed by atoms with Gasteiger partial charge in [0.15, 0.2) is 5.96 Å². The van der Waals surface area contributed by atoms with Crippen LogP contribution < -0.4 is 15.4 Å². The lowest BCUT2D eigenvalue weighted by atomic mass is 10.1. The van der Waals surface area contributed by atoms with Crippen molar-refractivity contribution in [2.45, 2.75) is 26.3 Å². The molecular formula is C18H26IN3O3. The molecule has 0 aliphatic carbocycles. The molecule has 1 unspecified atom stereocenters. The van der Waals surface area contributed by atoms with Crippen LogP contribution in [0.3, 0.4) is 0 Å². The number of aliphatic imine (C=N–C) groups is 1. The fraction of sp³-hybridized carbons (Fsp3) is 0.389. The number of hydrogen-bond donors (Lipinski definition) is 3. The van der Waals surface area contributed by atoms with Gasteiger partial charge in [0.1, 0.15) is 23.0 Å². The van der Waals surface area contributed by atoms with Crippen molar-refractivity contribution >= 4 is 29.9 Å². The standard InChI is InChI=1S/C18H25N3O3.HI/c1-12-5-8-17(24-12)13(2)21-18(19-3)20-10-9-14-6-7-15(23-4)11-16(14)22;/h5-8,11,13,22H,9-10H2,1-4H3,(H2,19,20,21);1H. The maximum Gasteiger partial charge on any atom is 0.191 e. The number of nitrogens with zero attached hydrogens (tertiary/aromatic N) is 1. The third-order valence-electron chi connectivity index (χ3n) is 3.74. The van der Waals surface area contributed by atoms with E-state index < -0.39 is 0 Å². The van der Waals surface area contributed by atoms with Crippen molar-refractivity contribution in [2.75, 3.05) is 20.7 Å². The molecule has 0 fully saturated rings. The second-order valence-corrected chi connectivity index (χ2v) is 5.56. The van der Waals surface area contributed by atoms with Crippen LogP contribution in [-0.2, 0) is 6.42 Å². The highest BCUT2D eigenvalue weighted by Crippen LogP contribution is 2.23. The molecule has 0 aliphatic rings. The van der Waals surface area contributed by atoms with E-state index in [1.807, 2.05) is 38.1 Å². The van der Waals surface area contributed by atoms with Gasteiger partial charge in [-0.1, -0.05) is 6.07 Å². The van der Waals surface area contributed by atoms with Crippen LogP contribution in [-0.4, -0.2) is 31.8 Å². The summed E-state index contributed by atoms with van der Waals surface area (Å²) in [5.41, 5.74) is 0.855. The van der Waals surface area contributed by atoms with E-state index in [0.29, 0.717) is 24.7 Å². The van der Waals surface area contributed by atoms with Crippen molar-refractivity contribution in [1.82, 2.24) is 10.6 Å². The Morgan fingerprint density at radius 3 is 2.64 bits per heavy atom. The predicted molar refractivity (Wildman–Crippen MR) is 110 cm³/mol. The van der Waals surface area contributed by atoms with Crippen molar-refractivity contribution < 1.29 is 14.3 Å². The number of guanidine groups is 1. The molecule has 7 heteroatoms. The van der Waals surface area contributed by atoms with Crippen LogP contribution in [0.5, 0.6) is 11.5 Å². The second kappa shape index (κ2) is 10.2. The van der Waals surface area contributed by atoms with Gasteiger partial charge in [0.2, 0.25) is 0 Å². The Morgan fingerprint density at radius 1 is 1.32 bits per heavy atom. The number of methoxy groups -OCH3 is 1. The fourth-order valence-corrected chi connectivity index (χ4v) is 2.35. The number of halogens is 1. The summed E-state index contributed by atoms with van der Waals surface area (Å²) in [4.78, 5) is 4.21. The van der Waals surface area contributed by atoms with Crippen molar-refractivity contribution in [2.24, 2.45) is 4.99 Å². The van der Waals surface area contributed by atoms with Crippen LogP contribution in [0.2, 0.25) is 0 Å². The van der Waals surface area contributed by atoms with Gasteiger partial charge in [-0.05, 0) is 44.0 Å². The molecule has 3 N–H and O–H groups in total. The zero-order chi connectivity index (χ0) is 17.5. The van der Waals surface area contributed by atoms with Gasteiger partial charge in [-0.15, -0.1) is 24.0 Å². The Kier molecular flexibility index (Phi) is 8.60. The Labute approximate surface area is 165 Å². The van der Waals surface area contributed by atoms with Gasteiger partial charge in [-0.3, -0.25) is 4.99 Å². The monoisotopic (exact) mass is 459 g/mol. The average Bonchev–Trinajstić information content (AvgIpc) is 3.01. The molecule has 0 radical (unpaired) electrons. The Balaban J connectivity index is 0.00000312. The van der Waals surface area contributed by atoms with Crippen molar-refractivity contribution in [3.05, 3.63) is 47.4 Å². The van der Waals surface area contributed by atoms with Gasteiger partial charge < -0.3 is 24.9 Å². The normalized spacial score (nSPS) is 12.2. The van der Waals surface area contributed by atoms with Gasteiger partial charge in [0, 0.05) is 19.7 Å². The lowest BCUT2D eigenvalue weighted by Crippen LogP contribution is -2.39. The molecule has 0 saturated carbocycles. The first-order valence-electron chi connectivity index (χ1n) is 7.93. The maximum absolute atomic E-state index is 9.98. The summed E-state index contributed by atoms with van der Waals surface area (Å²) in [5, 5.41) is 16.5. The van der Waals surface area contributed by atoms with Crippen LogP contribution in [0.4, 0.5) is 0 Å². The first-order valence-corrected chi connectivity index (χ1v) is 7.93. The van der Waals surface area contributed by atoms with E-state index in [9.17, 15) is 5.11 Å². The second-order valence-electron chi connectivity index (χ2n) is 5.56. The van der Waals surface area contributed by atoms with Crippen LogP contribution in [0.25, 0.3) is 0 Å². The quantitative estimate of drug-likeness (QED) is 0.351. The molecule has 1 atom stereocenters. The van der Waals surface area contributed by atoms with Gasteiger partial charge in [0.25, 0.3) is 0 Å². The van der Waals surface area contributed by atoms with E-state index in [-0.39, 0.29) is 35.8 Å².